The van der Waals surface area contributed by atoms with E-state index in [4.69, 9.17) is 9.84 Å². The topological polar surface area (TPSA) is 58.6 Å². The van der Waals surface area contributed by atoms with Gasteiger partial charge in [0.05, 0.1) is 12.6 Å². The standard InChI is InChI=1S/C8H16INO3/c1-8(2,3)13-7(12)10-6(4-9)5-11/h6,11H,4-5H2,1-3H3,(H,10,12)/t6-/m1/s1. The lowest BCUT2D eigenvalue weighted by atomic mass is 10.2. The highest BCUT2D eigenvalue weighted by atomic mass is 127. The molecule has 0 aromatic heterocycles. The average molecular weight is 301 g/mol. The summed E-state index contributed by atoms with van der Waals surface area (Å²) in [6.45, 7) is 5.32. The van der Waals surface area contributed by atoms with Crippen molar-refractivity contribution in [3.05, 3.63) is 0 Å². The number of alkyl halides is 1. The maximum absolute atomic E-state index is 11.1. The Labute approximate surface area is 92.2 Å². The van der Waals surface area contributed by atoms with Crippen LogP contribution in [0.5, 0.6) is 0 Å². The zero-order valence-corrected chi connectivity index (χ0v) is 10.3. The molecule has 5 heteroatoms. The minimum Gasteiger partial charge on any atom is -0.444 e. The fourth-order valence-corrected chi connectivity index (χ4v) is 1.11. The van der Waals surface area contributed by atoms with Gasteiger partial charge in [0, 0.05) is 4.43 Å². The number of aliphatic hydroxyl groups is 1. The first kappa shape index (κ1) is 13.0. The van der Waals surface area contributed by atoms with Crippen LogP contribution in [-0.4, -0.2) is 33.9 Å². The average Bonchev–Trinajstić information content (AvgIpc) is 1.96. The maximum atomic E-state index is 11.1. The van der Waals surface area contributed by atoms with Crippen LogP contribution in [0.25, 0.3) is 0 Å². The van der Waals surface area contributed by atoms with Crippen molar-refractivity contribution in [3.63, 3.8) is 0 Å². The first-order valence-corrected chi connectivity index (χ1v) is 5.58. The molecule has 0 unspecified atom stereocenters. The van der Waals surface area contributed by atoms with Crippen LogP contribution in [0.3, 0.4) is 0 Å². The molecule has 0 saturated carbocycles. The van der Waals surface area contributed by atoms with Gasteiger partial charge < -0.3 is 15.2 Å². The second-order valence-electron chi connectivity index (χ2n) is 3.68. The van der Waals surface area contributed by atoms with E-state index in [-0.39, 0.29) is 12.6 Å². The summed E-state index contributed by atoms with van der Waals surface area (Å²) in [5.74, 6) is 0. The fraction of sp³-hybridized carbons (Fsp3) is 0.875. The molecule has 0 aliphatic rings. The molecule has 4 nitrogen and oxygen atoms in total. The Morgan fingerprint density at radius 1 is 1.62 bits per heavy atom. The Morgan fingerprint density at radius 2 is 2.15 bits per heavy atom. The van der Waals surface area contributed by atoms with Crippen molar-refractivity contribution >= 4 is 28.7 Å². The van der Waals surface area contributed by atoms with E-state index in [1.54, 1.807) is 20.8 Å². The van der Waals surface area contributed by atoms with Gasteiger partial charge >= 0.3 is 6.09 Å². The van der Waals surface area contributed by atoms with Crippen LogP contribution in [0.2, 0.25) is 0 Å². The van der Waals surface area contributed by atoms with E-state index in [1.165, 1.54) is 0 Å². The van der Waals surface area contributed by atoms with E-state index < -0.39 is 11.7 Å². The van der Waals surface area contributed by atoms with Crippen LogP contribution in [0.15, 0.2) is 0 Å². The number of alkyl carbamates (subject to hydrolysis) is 1. The number of amides is 1. The summed E-state index contributed by atoms with van der Waals surface area (Å²) >= 11 is 2.09. The molecule has 0 aromatic carbocycles. The molecule has 0 saturated heterocycles. The summed E-state index contributed by atoms with van der Waals surface area (Å²) in [7, 11) is 0. The smallest absolute Gasteiger partial charge is 0.407 e. The lowest BCUT2D eigenvalue weighted by Gasteiger charge is -2.21. The van der Waals surface area contributed by atoms with Gasteiger partial charge in [-0.15, -0.1) is 0 Å². The predicted molar refractivity (Wildman–Crippen MR) is 59.1 cm³/mol. The van der Waals surface area contributed by atoms with Gasteiger partial charge in [0.15, 0.2) is 0 Å². The third kappa shape index (κ3) is 7.06. The molecule has 0 aromatic rings. The molecule has 2 N–H and O–H groups in total. The Kier molecular flexibility index (Phi) is 5.62. The van der Waals surface area contributed by atoms with Crippen molar-refractivity contribution in [2.45, 2.75) is 32.4 Å². The van der Waals surface area contributed by atoms with E-state index in [1.807, 2.05) is 0 Å². The third-order valence-corrected chi connectivity index (χ3v) is 2.19. The number of hydrogen-bond donors (Lipinski definition) is 2. The number of hydrogen-bond acceptors (Lipinski definition) is 3. The summed E-state index contributed by atoms with van der Waals surface area (Å²) in [4.78, 5) is 11.1. The van der Waals surface area contributed by atoms with E-state index in [0.29, 0.717) is 4.43 Å². The molecule has 1 amide bonds. The van der Waals surface area contributed by atoms with Crippen LogP contribution >= 0.6 is 22.6 Å². The summed E-state index contributed by atoms with van der Waals surface area (Å²) in [6, 6.07) is -0.226. The molecular weight excluding hydrogens is 285 g/mol. The van der Waals surface area contributed by atoms with Crippen LogP contribution < -0.4 is 5.32 Å². The maximum Gasteiger partial charge on any atom is 0.407 e. The van der Waals surface area contributed by atoms with Crippen molar-refractivity contribution in [1.29, 1.82) is 0 Å². The highest BCUT2D eigenvalue weighted by molar-refractivity contribution is 14.1. The number of rotatable bonds is 3. The molecule has 0 spiro atoms. The molecule has 1 atom stereocenters. The number of ether oxygens (including phenoxy) is 1. The summed E-state index contributed by atoms with van der Waals surface area (Å²) in [5, 5.41) is 11.4. The Morgan fingerprint density at radius 3 is 2.46 bits per heavy atom. The number of halogens is 1. The number of carbonyl (C=O) groups excluding carboxylic acids is 1. The Balaban J connectivity index is 3.86. The molecule has 0 fully saturated rings. The first-order chi connectivity index (χ1) is 5.89. The van der Waals surface area contributed by atoms with Gasteiger partial charge in [0.1, 0.15) is 5.60 Å². The van der Waals surface area contributed by atoms with E-state index >= 15 is 0 Å². The van der Waals surface area contributed by atoms with Crippen molar-refractivity contribution < 1.29 is 14.6 Å². The molecule has 13 heavy (non-hydrogen) atoms. The number of aliphatic hydroxyl groups excluding tert-OH is 1. The van der Waals surface area contributed by atoms with Crippen LogP contribution in [0, 0.1) is 0 Å². The van der Waals surface area contributed by atoms with E-state index in [2.05, 4.69) is 27.9 Å². The third-order valence-electron chi connectivity index (χ3n) is 1.13. The summed E-state index contributed by atoms with van der Waals surface area (Å²) < 4.78 is 5.67. The largest absolute Gasteiger partial charge is 0.444 e. The van der Waals surface area contributed by atoms with Gasteiger partial charge in [-0.25, -0.2) is 4.79 Å². The minimum atomic E-state index is -0.491. The van der Waals surface area contributed by atoms with Gasteiger partial charge in [-0.2, -0.15) is 0 Å². The Hall–Kier alpha value is -0.0400. The van der Waals surface area contributed by atoms with Crippen LogP contribution in [0.4, 0.5) is 4.79 Å². The molecule has 0 heterocycles. The summed E-state index contributed by atoms with van der Waals surface area (Å²) in [5.41, 5.74) is -0.491. The summed E-state index contributed by atoms with van der Waals surface area (Å²) in [6.07, 6.45) is -0.483. The van der Waals surface area contributed by atoms with Crippen molar-refractivity contribution in [2.75, 3.05) is 11.0 Å². The minimum absolute atomic E-state index is 0.0673. The zero-order valence-electron chi connectivity index (χ0n) is 8.13. The normalized spacial score (nSPS) is 13.6. The SMILES string of the molecule is CC(C)(C)OC(=O)N[C@@H](CO)CI. The van der Waals surface area contributed by atoms with Crippen LogP contribution in [0.1, 0.15) is 20.8 Å². The quantitative estimate of drug-likeness (QED) is 0.610. The molecule has 0 aliphatic heterocycles. The van der Waals surface area contributed by atoms with E-state index in [9.17, 15) is 4.79 Å². The molecule has 78 valence electrons. The second-order valence-corrected chi connectivity index (χ2v) is 4.56. The van der Waals surface area contributed by atoms with Crippen molar-refractivity contribution in [2.24, 2.45) is 0 Å². The van der Waals surface area contributed by atoms with Gasteiger partial charge in [0.25, 0.3) is 0 Å². The van der Waals surface area contributed by atoms with Gasteiger partial charge in [-0.3, -0.25) is 0 Å². The molecule has 0 aliphatic carbocycles. The Bertz CT molecular complexity index is 163. The number of carbonyl (C=O) groups is 1. The van der Waals surface area contributed by atoms with E-state index in [0.717, 1.165) is 0 Å². The van der Waals surface area contributed by atoms with Crippen molar-refractivity contribution in [1.82, 2.24) is 5.32 Å². The highest BCUT2D eigenvalue weighted by Gasteiger charge is 2.18. The first-order valence-electron chi connectivity index (χ1n) is 4.05. The van der Waals surface area contributed by atoms with Gasteiger partial charge in [0.2, 0.25) is 0 Å². The van der Waals surface area contributed by atoms with Gasteiger partial charge in [-0.1, -0.05) is 22.6 Å². The highest BCUT2D eigenvalue weighted by Crippen LogP contribution is 2.06. The fourth-order valence-electron chi connectivity index (χ4n) is 0.607. The lowest BCUT2D eigenvalue weighted by molar-refractivity contribution is 0.0492. The molecule has 0 bridgehead atoms. The lowest BCUT2D eigenvalue weighted by Crippen LogP contribution is -2.41. The van der Waals surface area contributed by atoms with Crippen LogP contribution in [-0.2, 0) is 4.74 Å². The molecule has 0 rings (SSSR count). The monoisotopic (exact) mass is 301 g/mol. The number of nitrogens with one attached hydrogen (secondary N) is 1. The second kappa shape index (κ2) is 5.64. The predicted octanol–water partition coefficient (Wildman–Crippen LogP) is 1.31. The van der Waals surface area contributed by atoms with Gasteiger partial charge in [-0.05, 0) is 20.8 Å². The van der Waals surface area contributed by atoms with Crippen molar-refractivity contribution in [3.8, 4) is 0 Å². The molecular formula is C8H16INO3. The zero-order chi connectivity index (χ0) is 10.5. The molecule has 0 radical (unpaired) electrons.